The fraction of sp³-hybridized carbons (Fsp3) is 0.353. The Labute approximate surface area is 143 Å². The molecule has 24 heavy (non-hydrogen) atoms. The number of nitrogens with zero attached hydrogens (tertiary/aromatic N) is 3. The van der Waals surface area contributed by atoms with Gasteiger partial charge in [0.05, 0.1) is 12.1 Å². The fourth-order valence-corrected chi connectivity index (χ4v) is 3.60. The number of rotatable bonds is 4. The minimum Gasteiger partial charge on any atom is -0.381 e. The van der Waals surface area contributed by atoms with Crippen LogP contribution >= 0.6 is 11.3 Å². The number of amides is 1. The Hall–Kier alpha value is -2.25. The van der Waals surface area contributed by atoms with Crippen molar-refractivity contribution in [2.45, 2.75) is 25.3 Å². The summed E-state index contributed by atoms with van der Waals surface area (Å²) < 4.78 is 7.36. The zero-order valence-corrected chi connectivity index (χ0v) is 14.0. The van der Waals surface area contributed by atoms with Gasteiger partial charge in [-0.2, -0.15) is 0 Å². The second kappa shape index (κ2) is 6.70. The van der Waals surface area contributed by atoms with Crippen LogP contribution in [0.25, 0.3) is 5.65 Å². The first kappa shape index (κ1) is 15.3. The van der Waals surface area contributed by atoms with Gasteiger partial charge < -0.3 is 10.1 Å². The molecule has 0 unspecified atom stereocenters. The van der Waals surface area contributed by atoms with Gasteiger partial charge in [-0.25, -0.2) is 0 Å². The van der Waals surface area contributed by atoms with Crippen molar-refractivity contribution >= 4 is 22.9 Å². The number of hydrogen-bond acceptors (Lipinski definition) is 5. The Balaban J connectivity index is 1.56. The van der Waals surface area contributed by atoms with Gasteiger partial charge in [0, 0.05) is 30.2 Å². The lowest BCUT2D eigenvalue weighted by Crippen LogP contribution is -2.23. The van der Waals surface area contributed by atoms with Crippen molar-refractivity contribution in [3.05, 3.63) is 52.1 Å². The molecule has 1 aliphatic rings. The molecule has 1 aliphatic heterocycles. The number of fused-ring (bicyclic) bond motifs is 1. The van der Waals surface area contributed by atoms with E-state index in [1.54, 1.807) is 17.4 Å². The molecule has 124 valence electrons. The number of carbonyl (C=O) groups excluding carboxylic acids is 1. The number of nitrogens with one attached hydrogen (secondary N) is 1. The van der Waals surface area contributed by atoms with E-state index < -0.39 is 0 Å². The number of hydrogen-bond donors (Lipinski definition) is 1. The van der Waals surface area contributed by atoms with Crippen LogP contribution in [-0.4, -0.2) is 33.7 Å². The van der Waals surface area contributed by atoms with Crippen LogP contribution in [0.2, 0.25) is 0 Å². The topological polar surface area (TPSA) is 68.5 Å². The zero-order chi connectivity index (χ0) is 16.4. The minimum atomic E-state index is -0.0862. The number of carbonyl (C=O) groups is 1. The lowest BCUT2D eigenvalue weighted by Gasteiger charge is -2.20. The quantitative estimate of drug-likeness (QED) is 0.791. The summed E-state index contributed by atoms with van der Waals surface area (Å²) in [6.45, 7) is 2.05. The zero-order valence-electron chi connectivity index (χ0n) is 13.1. The van der Waals surface area contributed by atoms with E-state index in [4.69, 9.17) is 4.74 Å². The highest BCUT2D eigenvalue weighted by Crippen LogP contribution is 2.26. The first-order valence-electron chi connectivity index (χ1n) is 8.04. The van der Waals surface area contributed by atoms with E-state index in [2.05, 4.69) is 15.5 Å². The smallest absolute Gasteiger partial charge is 0.253 e. The molecule has 0 spiro atoms. The Morgan fingerprint density at radius 1 is 1.29 bits per heavy atom. The molecule has 0 aromatic carbocycles. The van der Waals surface area contributed by atoms with Crippen LogP contribution in [0.15, 0.2) is 35.8 Å². The van der Waals surface area contributed by atoms with Crippen LogP contribution in [0.5, 0.6) is 0 Å². The van der Waals surface area contributed by atoms with Gasteiger partial charge in [0.2, 0.25) is 0 Å². The maximum absolute atomic E-state index is 12.4. The third kappa shape index (κ3) is 3.05. The maximum Gasteiger partial charge on any atom is 0.253 e. The van der Waals surface area contributed by atoms with E-state index in [0.717, 1.165) is 42.4 Å². The van der Waals surface area contributed by atoms with Crippen LogP contribution in [0.1, 0.15) is 39.8 Å². The third-order valence-electron chi connectivity index (χ3n) is 4.28. The predicted molar refractivity (Wildman–Crippen MR) is 91.3 cm³/mol. The molecule has 3 aromatic rings. The number of ether oxygens (including phenoxy) is 1. The highest BCUT2D eigenvalue weighted by Gasteiger charge is 2.21. The molecule has 3 aromatic heterocycles. The van der Waals surface area contributed by atoms with Crippen molar-refractivity contribution in [1.82, 2.24) is 19.9 Å². The van der Waals surface area contributed by atoms with Crippen LogP contribution < -0.4 is 5.32 Å². The van der Waals surface area contributed by atoms with Crippen molar-refractivity contribution in [3.8, 4) is 0 Å². The van der Waals surface area contributed by atoms with E-state index in [-0.39, 0.29) is 5.91 Å². The summed E-state index contributed by atoms with van der Waals surface area (Å²) in [4.78, 5) is 13.5. The molecule has 1 N–H and O–H groups in total. The highest BCUT2D eigenvalue weighted by atomic mass is 32.1. The molecule has 0 radical (unpaired) electrons. The fourth-order valence-electron chi connectivity index (χ4n) is 2.96. The Morgan fingerprint density at radius 2 is 2.17 bits per heavy atom. The van der Waals surface area contributed by atoms with E-state index >= 15 is 0 Å². The van der Waals surface area contributed by atoms with E-state index in [1.807, 2.05) is 34.2 Å². The first-order valence-corrected chi connectivity index (χ1v) is 8.92. The molecular weight excluding hydrogens is 324 g/mol. The van der Waals surface area contributed by atoms with Crippen LogP contribution in [0.3, 0.4) is 0 Å². The summed E-state index contributed by atoms with van der Waals surface area (Å²) in [5.41, 5.74) is 1.39. The van der Waals surface area contributed by atoms with Crippen molar-refractivity contribution < 1.29 is 9.53 Å². The summed E-state index contributed by atoms with van der Waals surface area (Å²) in [6, 6.07) is 7.63. The summed E-state index contributed by atoms with van der Waals surface area (Å²) in [5, 5.41) is 13.5. The molecule has 0 saturated carbocycles. The molecule has 4 heterocycles. The number of thiophene rings is 1. The molecule has 0 atom stereocenters. The van der Waals surface area contributed by atoms with E-state index in [0.29, 0.717) is 18.0 Å². The Morgan fingerprint density at radius 3 is 2.96 bits per heavy atom. The molecule has 1 amide bonds. The number of pyridine rings is 1. The lowest BCUT2D eigenvalue weighted by molar-refractivity contribution is 0.0833. The Kier molecular flexibility index (Phi) is 4.27. The summed E-state index contributed by atoms with van der Waals surface area (Å²) in [5.74, 6) is 1.16. The van der Waals surface area contributed by atoms with E-state index in [1.165, 1.54) is 0 Å². The highest BCUT2D eigenvalue weighted by molar-refractivity contribution is 7.09. The molecule has 1 fully saturated rings. The first-order chi connectivity index (χ1) is 11.8. The minimum absolute atomic E-state index is 0.0862. The predicted octanol–water partition coefficient (Wildman–Crippen LogP) is 2.61. The lowest BCUT2D eigenvalue weighted by atomic mass is 9.99. The second-order valence-electron chi connectivity index (χ2n) is 5.85. The van der Waals surface area contributed by atoms with Gasteiger partial charge in [0.15, 0.2) is 5.65 Å². The molecular formula is C17H18N4O2S. The van der Waals surface area contributed by atoms with Crippen LogP contribution in [0, 0.1) is 0 Å². The average molecular weight is 342 g/mol. The van der Waals surface area contributed by atoms with Crippen molar-refractivity contribution in [3.63, 3.8) is 0 Å². The van der Waals surface area contributed by atoms with Gasteiger partial charge in [-0.05, 0) is 36.4 Å². The largest absolute Gasteiger partial charge is 0.381 e. The second-order valence-corrected chi connectivity index (χ2v) is 6.89. The van der Waals surface area contributed by atoms with Crippen LogP contribution in [0.4, 0.5) is 0 Å². The monoisotopic (exact) mass is 342 g/mol. The van der Waals surface area contributed by atoms with Crippen molar-refractivity contribution in [2.24, 2.45) is 0 Å². The van der Waals surface area contributed by atoms with Crippen molar-refractivity contribution in [2.75, 3.05) is 13.2 Å². The van der Waals surface area contributed by atoms with Crippen molar-refractivity contribution in [1.29, 1.82) is 0 Å². The Bertz CT molecular complexity index is 838. The third-order valence-corrected chi connectivity index (χ3v) is 5.16. The van der Waals surface area contributed by atoms with Gasteiger partial charge in [0.25, 0.3) is 5.91 Å². The molecule has 1 saturated heterocycles. The molecule has 0 bridgehead atoms. The summed E-state index contributed by atoms with van der Waals surface area (Å²) in [6.07, 6.45) is 3.72. The van der Waals surface area contributed by atoms with Gasteiger partial charge in [-0.3, -0.25) is 9.20 Å². The van der Waals surface area contributed by atoms with Crippen LogP contribution in [-0.2, 0) is 11.3 Å². The average Bonchev–Trinajstić information content (AvgIpc) is 3.29. The standard InChI is InChI=1S/C17H18N4O2S/c22-17(18-10-14-2-1-9-24-14)13-3-4-15-19-20-16(21(15)11-13)12-5-7-23-8-6-12/h1-4,9,11-12H,5-8,10H2,(H,18,22). The van der Waals surface area contributed by atoms with E-state index in [9.17, 15) is 4.79 Å². The summed E-state index contributed by atoms with van der Waals surface area (Å²) in [7, 11) is 0. The molecule has 6 nitrogen and oxygen atoms in total. The SMILES string of the molecule is O=C(NCc1cccs1)c1ccc2nnc(C3CCOCC3)n2c1. The maximum atomic E-state index is 12.4. The number of aromatic nitrogens is 3. The normalized spacial score (nSPS) is 15.7. The van der Waals surface area contributed by atoms with Gasteiger partial charge in [-0.1, -0.05) is 6.07 Å². The van der Waals surface area contributed by atoms with Gasteiger partial charge in [-0.15, -0.1) is 21.5 Å². The molecule has 7 heteroatoms. The van der Waals surface area contributed by atoms with Gasteiger partial charge in [0.1, 0.15) is 5.82 Å². The van der Waals surface area contributed by atoms with Gasteiger partial charge >= 0.3 is 0 Å². The molecule has 0 aliphatic carbocycles. The molecule has 4 rings (SSSR count). The summed E-state index contributed by atoms with van der Waals surface area (Å²) >= 11 is 1.63.